The smallest absolute Gasteiger partial charge is 0.357 e. The molecule has 0 fully saturated rings. The largest absolute Gasteiger partial charge is 0.456 e. The molecule has 3 rings (SSSR count). The molecule has 2 aromatic carbocycles. The molecule has 0 saturated heterocycles. The molecule has 0 aliphatic carbocycles. The molecule has 0 aliphatic rings. The number of carbonyl (C=O) groups is 1. The van der Waals surface area contributed by atoms with Gasteiger partial charge in [-0.05, 0) is 36.1 Å². The summed E-state index contributed by atoms with van der Waals surface area (Å²) in [4.78, 5) is 16.8. The molecular formula is C19H15N3O2S. The minimum absolute atomic E-state index is 0.100. The van der Waals surface area contributed by atoms with Crippen LogP contribution in [-0.4, -0.2) is 21.8 Å². The number of nitrogens with zero attached hydrogens (tertiary/aromatic N) is 3. The molecule has 5 nitrogen and oxygen atoms in total. The molecule has 25 heavy (non-hydrogen) atoms. The van der Waals surface area contributed by atoms with Crippen molar-refractivity contribution < 1.29 is 9.53 Å². The van der Waals surface area contributed by atoms with Crippen LogP contribution in [0, 0.1) is 11.3 Å². The Balaban J connectivity index is 1.83. The first-order valence-electron chi connectivity index (χ1n) is 7.56. The third kappa shape index (κ3) is 3.73. The van der Waals surface area contributed by atoms with E-state index in [2.05, 4.69) is 11.1 Å². The summed E-state index contributed by atoms with van der Waals surface area (Å²) in [5, 5.41) is 9.65. The summed E-state index contributed by atoms with van der Waals surface area (Å²) in [6.07, 6.45) is 3.43. The highest BCUT2D eigenvalue weighted by Crippen LogP contribution is 2.22. The molecule has 0 saturated carbocycles. The van der Waals surface area contributed by atoms with Crippen molar-refractivity contribution in [2.24, 2.45) is 0 Å². The van der Waals surface area contributed by atoms with Crippen LogP contribution in [0.3, 0.4) is 0 Å². The molecule has 1 aromatic heterocycles. The lowest BCUT2D eigenvalue weighted by Gasteiger charge is -2.11. The van der Waals surface area contributed by atoms with Crippen LogP contribution in [0.5, 0.6) is 0 Å². The first-order chi connectivity index (χ1) is 12.2. The van der Waals surface area contributed by atoms with Crippen molar-refractivity contribution in [3.05, 3.63) is 77.6 Å². The van der Waals surface area contributed by atoms with Crippen molar-refractivity contribution in [3.8, 4) is 11.8 Å². The number of aromatic nitrogens is 2. The van der Waals surface area contributed by atoms with E-state index < -0.39 is 5.97 Å². The number of esters is 1. The number of carbonyl (C=O) groups excluding carboxylic acids is 1. The van der Waals surface area contributed by atoms with Gasteiger partial charge in [-0.2, -0.15) is 5.26 Å². The van der Waals surface area contributed by atoms with E-state index in [1.54, 1.807) is 22.8 Å². The van der Waals surface area contributed by atoms with Crippen LogP contribution in [0.25, 0.3) is 5.69 Å². The Bertz CT molecular complexity index is 929. The summed E-state index contributed by atoms with van der Waals surface area (Å²) < 4.78 is 7.19. The maximum atomic E-state index is 12.5. The Morgan fingerprint density at radius 3 is 2.76 bits per heavy atom. The molecule has 0 atom stereocenters. The predicted molar refractivity (Wildman–Crippen MR) is 95.6 cm³/mol. The summed E-state index contributed by atoms with van der Waals surface area (Å²) in [6.45, 7) is 0.100. The van der Waals surface area contributed by atoms with Crippen LogP contribution in [0.15, 0.2) is 66.0 Å². The van der Waals surface area contributed by atoms with Gasteiger partial charge in [-0.15, -0.1) is 0 Å². The molecule has 0 N–H and O–H groups in total. The van der Waals surface area contributed by atoms with E-state index in [-0.39, 0.29) is 6.61 Å². The molecule has 0 radical (unpaired) electrons. The first kappa shape index (κ1) is 16.8. The molecular weight excluding hydrogens is 334 g/mol. The van der Waals surface area contributed by atoms with Gasteiger partial charge in [0.15, 0.2) is 10.9 Å². The van der Waals surface area contributed by atoms with E-state index in [0.717, 1.165) is 11.3 Å². The van der Waals surface area contributed by atoms with Crippen molar-refractivity contribution in [2.45, 2.75) is 11.8 Å². The van der Waals surface area contributed by atoms with Crippen molar-refractivity contribution in [3.63, 3.8) is 0 Å². The van der Waals surface area contributed by atoms with Crippen LogP contribution >= 0.6 is 11.8 Å². The molecule has 124 valence electrons. The summed E-state index contributed by atoms with van der Waals surface area (Å²) in [5.74, 6) is -0.459. The number of hydrogen-bond acceptors (Lipinski definition) is 5. The standard InChI is InChI=1S/C19H15N3O2S/c1-25-19-21-12-17(22(19)16-8-3-2-4-9-16)18(23)24-13-15-7-5-6-14(10-15)11-20/h2-10,12H,13H2,1H3. The van der Waals surface area contributed by atoms with Gasteiger partial charge in [-0.25, -0.2) is 9.78 Å². The predicted octanol–water partition coefficient (Wildman–Crippen LogP) is 3.82. The Kier molecular flexibility index (Phi) is 5.17. The summed E-state index contributed by atoms with van der Waals surface area (Å²) in [7, 11) is 0. The lowest BCUT2D eigenvalue weighted by Crippen LogP contribution is -2.11. The van der Waals surface area contributed by atoms with Crippen molar-refractivity contribution in [2.75, 3.05) is 6.26 Å². The molecule has 0 amide bonds. The van der Waals surface area contributed by atoms with E-state index in [1.165, 1.54) is 18.0 Å². The highest BCUT2D eigenvalue weighted by molar-refractivity contribution is 7.98. The van der Waals surface area contributed by atoms with E-state index in [4.69, 9.17) is 10.00 Å². The fourth-order valence-electron chi connectivity index (χ4n) is 2.40. The zero-order chi connectivity index (χ0) is 17.6. The second-order valence-corrected chi connectivity index (χ2v) is 5.96. The number of imidazole rings is 1. The topological polar surface area (TPSA) is 67.9 Å². The fourth-order valence-corrected chi connectivity index (χ4v) is 2.95. The lowest BCUT2D eigenvalue weighted by molar-refractivity contribution is 0.0462. The van der Waals surface area contributed by atoms with Crippen LogP contribution in [0.2, 0.25) is 0 Å². The van der Waals surface area contributed by atoms with Gasteiger partial charge in [0.25, 0.3) is 0 Å². The number of thioether (sulfide) groups is 1. The van der Waals surface area contributed by atoms with Crippen LogP contribution < -0.4 is 0 Å². The van der Waals surface area contributed by atoms with Gasteiger partial charge in [-0.3, -0.25) is 4.57 Å². The average Bonchev–Trinajstić information content (AvgIpc) is 3.11. The second kappa shape index (κ2) is 7.69. The maximum absolute atomic E-state index is 12.5. The van der Waals surface area contributed by atoms with Crippen molar-refractivity contribution in [1.29, 1.82) is 5.26 Å². The van der Waals surface area contributed by atoms with Gasteiger partial charge in [0, 0.05) is 5.69 Å². The Morgan fingerprint density at radius 1 is 1.24 bits per heavy atom. The molecule has 6 heteroatoms. The molecule has 0 bridgehead atoms. The van der Waals surface area contributed by atoms with Crippen molar-refractivity contribution >= 4 is 17.7 Å². The average molecular weight is 349 g/mol. The van der Waals surface area contributed by atoms with E-state index >= 15 is 0 Å². The Labute approximate surface area is 149 Å². The normalized spacial score (nSPS) is 10.2. The minimum Gasteiger partial charge on any atom is -0.456 e. The third-order valence-corrected chi connectivity index (χ3v) is 4.21. The van der Waals surface area contributed by atoms with Gasteiger partial charge in [0.1, 0.15) is 6.61 Å². The Hall–Kier alpha value is -3.04. The number of hydrogen-bond donors (Lipinski definition) is 0. The molecule has 0 aliphatic heterocycles. The molecule has 3 aromatic rings. The van der Waals surface area contributed by atoms with Gasteiger partial charge in [-0.1, -0.05) is 42.1 Å². The van der Waals surface area contributed by atoms with E-state index in [9.17, 15) is 4.79 Å². The first-order valence-corrected chi connectivity index (χ1v) is 8.78. The highest BCUT2D eigenvalue weighted by Gasteiger charge is 2.19. The number of rotatable bonds is 5. The lowest BCUT2D eigenvalue weighted by atomic mass is 10.1. The summed E-state index contributed by atoms with van der Waals surface area (Å²) in [6, 6.07) is 18.6. The SMILES string of the molecule is CSc1ncc(C(=O)OCc2cccc(C#N)c2)n1-c1ccccc1. The molecule has 0 spiro atoms. The number of nitriles is 1. The quantitative estimate of drug-likeness (QED) is 0.517. The van der Waals surface area contributed by atoms with Crippen molar-refractivity contribution in [1.82, 2.24) is 9.55 Å². The summed E-state index contributed by atoms with van der Waals surface area (Å²) in [5.41, 5.74) is 2.52. The van der Waals surface area contributed by atoms with Gasteiger partial charge < -0.3 is 4.74 Å². The minimum atomic E-state index is -0.459. The van der Waals surface area contributed by atoms with E-state index in [1.807, 2.05) is 42.7 Å². The number of benzene rings is 2. The fraction of sp³-hybridized carbons (Fsp3) is 0.105. The second-order valence-electron chi connectivity index (χ2n) is 5.19. The van der Waals surface area contributed by atoms with E-state index in [0.29, 0.717) is 16.4 Å². The third-order valence-electron chi connectivity index (χ3n) is 3.56. The zero-order valence-electron chi connectivity index (χ0n) is 13.5. The number of ether oxygens (including phenoxy) is 1. The van der Waals surface area contributed by atoms with Crippen LogP contribution in [0.4, 0.5) is 0 Å². The Morgan fingerprint density at radius 2 is 2.04 bits per heavy atom. The van der Waals surface area contributed by atoms with Gasteiger partial charge >= 0.3 is 5.97 Å². The molecule has 0 unspecified atom stereocenters. The monoisotopic (exact) mass is 349 g/mol. The summed E-state index contributed by atoms with van der Waals surface area (Å²) >= 11 is 1.46. The van der Waals surface area contributed by atoms with Crippen LogP contribution in [0.1, 0.15) is 21.6 Å². The van der Waals surface area contributed by atoms with Gasteiger partial charge in [0.05, 0.1) is 17.8 Å². The zero-order valence-corrected chi connectivity index (χ0v) is 14.4. The highest BCUT2D eigenvalue weighted by atomic mass is 32.2. The maximum Gasteiger partial charge on any atom is 0.357 e. The van der Waals surface area contributed by atoms with Gasteiger partial charge in [0.2, 0.25) is 0 Å². The number of para-hydroxylation sites is 1. The van der Waals surface area contributed by atoms with Crippen LogP contribution in [-0.2, 0) is 11.3 Å². The molecule has 1 heterocycles.